The van der Waals surface area contributed by atoms with Gasteiger partial charge < -0.3 is 4.57 Å². The van der Waals surface area contributed by atoms with E-state index in [2.05, 4.69) is 11.9 Å². The molecule has 0 bridgehead atoms. The number of rotatable bonds is 4. The third-order valence-electron chi connectivity index (χ3n) is 4.63. The molecule has 144 valence electrons. The zero-order chi connectivity index (χ0) is 20.5. The lowest BCUT2D eigenvalue weighted by atomic mass is 10.1. The molecule has 4 amide bonds. The number of imide groups is 2. The molecule has 0 unspecified atom stereocenters. The molecule has 0 saturated carbocycles. The minimum absolute atomic E-state index is 0.168. The van der Waals surface area contributed by atoms with Gasteiger partial charge in [0.25, 0.3) is 11.8 Å². The summed E-state index contributed by atoms with van der Waals surface area (Å²) in [5, 5.41) is 3.02. The number of anilines is 1. The number of hydrogen-bond donors (Lipinski definition) is 1. The van der Waals surface area contributed by atoms with E-state index in [0.29, 0.717) is 12.1 Å². The SMILES string of the molecule is C=CCn1cc(/C=C2\C(=O)NC(=O)N(c3ccc(F)cc3)C2=O)c2ccccc21. The van der Waals surface area contributed by atoms with Crippen LogP contribution in [-0.4, -0.2) is 22.4 Å². The first kappa shape index (κ1) is 18.4. The van der Waals surface area contributed by atoms with Gasteiger partial charge in [0, 0.05) is 29.2 Å². The smallest absolute Gasteiger partial charge is 0.335 e. The molecule has 0 atom stereocenters. The van der Waals surface area contributed by atoms with Gasteiger partial charge in [-0.15, -0.1) is 6.58 Å². The Bertz CT molecular complexity index is 1190. The second-order valence-electron chi connectivity index (χ2n) is 6.48. The number of benzene rings is 2. The highest BCUT2D eigenvalue weighted by atomic mass is 19.1. The minimum Gasteiger partial charge on any atom is -0.343 e. The van der Waals surface area contributed by atoms with Crippen LogP contribution < -0.4 is 10.2 Å². The van der Waals surface area contributed by atoms with E-state index in [1.807, 2.05) is 35.0 Å². The van der Waals surface area contributed by atoms with Gasteiger partial charge in [-0.1, -0.05) is 24.3 Å². The van der Waals surface area contributed by atoms with Gasteiger partial charge >= 0.3 is 6.03 Å². The van der Waals surface area contributed by atoms with Crippen molar-refractivity contribution in [2.24, 2.45) is 0 Å². The Hall–Kier alpha value is -4.00. The molecule has 0 radical (unpaired) electrons. The summed E-state index contributed by atoms with van der Waals surface area (Å²) in [4.78, 5) is 38.4. The zero-order valence-corrected chi connectivity index (χ0v) is 15.3. The van der Waals surface area contributed by atoms with Crippen molar-refractivity contribution in [3.63, 3.8) is 0 Å². The van der Waals surface area contributed by atoms with Gasteiger partial charge in [0.15, 0.2) is 0 Å². The average molecular weight is 389 g/mol. The van der Waals surface area contributed by atoms with Crippen LogP contribution in [-0.2, 0) is 16.1 Å². The van der Waals surface area contributed by atoms with Crippen LogP contribution >= 0.6 is 0 Å². The van der Waals surface area contributed by atoms with Crippen LogP contribution in [0.15, 0.2) is 73.0 Å². The molecule has 1 aliphatic heterocycles. The number of aromatic nitrogens is 1. The maximum Gasteiger partial charge on any atom is 0.335 e. The largest absolute Gasteiger partial charge is 0.343 e. The lowest BCUT2D eigenvalue weighted by molar-refractivity contribution is -0.122. The van der Waals surface area contributed by atoms with E-state index in [-0.39, 0.29) is 11.3 Å². The standard InChI is InChI=1S/C22H16FN3O3/c1-2-11-25-13-14(17-5-3-4-6-19(17)25)12-18-20(27)24-22(29)26(21(18)28)16-9-7-15(23)8-10-16/h2-10,12-13H,1,11H2,(H,24,27,29)/b18-12+. The first-order valence-corrected chi connectivity index (χ1v) is 8.85. The number of allylic oxidation sites excluding steroid dienone is 1. The van der Waals surface area contributed by atoms with Crippen LogP contribution in [0.1, 0.15) is 5.56 Å². The van der Waals surface area contributed by atoms with Crippen molar-refractivity contribution in [3.05, 3.63) is 84.3 Å². The molecule has 1 saturated heterocycles. The Morgan fingerprint density at radius 1 is 1.03 bits per heavy atom. The lowest BCUT2D eigenvalue weighted by Crippen LogP contribution is -2.54. The van der Waals surface area contributed by atoms with E-state index in [4.69, 9.17) is 0 Å². The number of carbonyl (C=O) groups excluding carboxylic acids is 3. The quantitative estimate of drug-likeness (QED) is 0.421. The van der Waals surface area contributed by atoms with Gasteiger partial charge in [-0.25, -0.2) is 14.1 Å². The van der Waals surface area contributed by atoms with Crippen molar-refractivity contribution in [3.8, 4) is 0 Å². The van der Waals surface area contributed by atoms with Crippen LogP contribution in [0.2, 0.25) is 0 Å². The summed E-state index contributed by atoms with van der Waals surface area (Å²) in [6, 6.07) is 11.6. The molecule has 0 aliphatic carbocycles. The fourth-order valence-corrected chi connectivity index (χ4v) is 3.32. The number of hydrogen-bond acceptors (Lipinski definition) is 3. The van der Waals surface area contributed by atoms with Gasteiger partial charge in [-0.2, -0.15) is 0 Å². The van der Waals surface area contributed by atoms with E-state index in [9.17, 15) is 18.8 Å². The Morgan fingerprint density at radius 2 is 1.76 bits per heavy atom. The van der Waals surface area contributed by atoms with E-state index in [1.54, 1.807) is 6.08 Å². The van der Waals surface area contributed by atoms with Crippen LogP contribution in [0.25, 0.3) is 17.0 Å². The first-order chi connectivity index (χ1) is 14.0. The van der Waals surface area contributed by atoms with Gasteiger partial charge in [0.1, 0.15) is 11.4 Å². The van der Waals surface area contributed by atoms with Crippen LogP contribution in [0.3, 0.4) is 0 Å². The van der Waals surface area contributed by atoms with Gasteiger partial charge in [0.05, 0.1) is 5.69 Å². The Kier molecular flexibility index (Phi) is 4.56. The molecule has 2 aromatic carbocycles. The van der Waals surface area contributed by atoms with Crippen LogP contribution in [0.5, 0.6) is 0 Å². The number of nitrogens with one attached hydrogen (secondary N) is 1. The second kappa shape index (κ2) is 7.20. The molecule has 1 fully saturated rings. The second-order valence-corrected chi connectivity index (χ2v) is 6.48. The third-order valence-corrected chi connectivity index (χ3v) is 4.63. The van der Waals surface area contributed by atoms with Crippen LogP contribution in [0, 0.1) is 5.82 Å². The monoisotopic (exact) mass is 389 g/mol. The number of halogens is 1. The molecular weight excluding hydrogens is 373 g/mol. The topological polar surface area (TPSA) is 71.4 Å². The molecule has 7 heteroatoms. The molecule has 6 nitrogen and oxygen atoms in total. The Balaban J connectivity index is 1.80. The summed E-state index contributed by atoms with van der Waals surface area (Å²) in [6.07, 6.45) is 5.03. The molecule has 1 aliphatic rings. The zero-order valence-electron chi connectivity index (χ0n) is 15.3. The van der Waals surface area contributed by atoms with Crippen molar-refractivity contribution in [2.75, 3.05) is 4.90 Å². The summed E-state index contributed by atoms with van der Waals surface area (Å²) >= 11 is 0. The van der Waals surface area contributed by atoms with Gasteiger partial charge in [0.2, 0.25) is 0 Å². The molecule has 3 aromatic rings. The molecule has 4 rings (SSSR count). The lowest BCUT2D eigenvalue weighted by Gasteiger charge is -2.26. The highest BCUT2D eigenvalue weighted by Gasteiger charge is 2.37. The van der Waals surface area contributed by atoms with Gasteiger partial charge in [-0.3, -0.25) is 14.9 Å². The average Bonchev–Trinajstić information content (AvgIpc) is 3.04. The number of barbiturate groups is 1. The predicted octanol–water partition coefficient (Wildman–Crippen LogP) is 3.63. The summed E-state index contributed by atoms with van der Waals surface area (Å²) in [6.45, 7) is 4.30. The first-order valence-electron chi connectivity index (χ1n) is 8.85. The van der Waals surface area contributed by atoms with E-state index < -0.39 is 23.7 Å². The summed E-state index contributed by atoms with van der Waals surface area (Å²) < 4.78 is 15.2. The van der Waals surface area contributed by atoms with Crippen molar-refractivity contribution in [2.45, 2.75) is 6.54 Å². The highest BCUT2D eigenvalue weighted by molar-refractivity contribution is 6.39. The molecule has 0 spiro atoms. The number of nitrogens with zero attached hydrogens (tertiary/aromatic N) is 2. The number of fused-ring (bicyclic) bond motifs is 1. The van der Waals surface area contributed by atoms with Crippen molar-refractivity contribution >= 4 is 40.5 Å². The molecule has 29 heavy (non-hydrogen) atoms. The Morgan fingerprint density at radius 3 is 2.48 bits per heavy atom. The summed E-state index contributed by atoms with van der Waals surface area (Å²) in [5.41, 5.74) is 1.57. The minimum atomic E-state index is -0.877. The number of urea groups is 1. The number of amides is 4. The van der Waals surface area contributed by atoms with E-state index in [1.165, 1.54) is 18.2 Å². The molecule has 2 heterocycles. The molecule has 1 aromatic heterocycles. The number of para-hydroxylation sites is 1. The highest BCUT2D eigenvalue weighted by Crippen LogP contribution is 2.26. The number of carbonyl (C=O) groups is 3. The fourth-order valence-electron chi connectivity index (χ4n) is 3.32. The normalized spacial score (nSPS) is 15.8. The van der Waals surface area contributed by atoms with E-state index in [0.717, 1.165) is 27.9 Å². The molecule has 1 N–H and O–H groups in total. The molecular formula is C22H16FN3O3. The maximum absolute atomic E-state index is 13.2. The van der Waals surface area contributed by atoms with Gasteiger partial charge in [-0.05, 0) is 36.4 Å². The third kappa shape index (κ3) is 3.23. The summed E-state index contributed by atoms with van der Waals surface area (Å²) in [5.74, 6) is -2.05. The van der Waals surface area contributed by atoms with E-state index >= 15 is 0 Å². The Labute approximate surface area is 165 Å². The maximum atomic E-state index is 13.2. The van der Waals surface area contributed by atoms with Crippen molar-refractivity contribution in [1.29, 1.82) is 0 Å². The van der Waals surface area contributed by atoms with Crippen molar-refractivity contribution < 1.29 is 18.8 Å². The summed E-state index contributed by atoms with van der Waals surface area (Å²) in [7, 11) is 0. The van der Waals surface area contributed by atoms with Crippen LogP contribution in [0.4, 0.5) is 14.9 Å². The fraction of sp³-hybridized carbons (Fsp3) is 0.0455. The predicted molar refractivity (Wildman–Crippen MR) is 108 cm³/mol. The van der Waals surface area contributed by atoms with Crippen molar-refractivity contribution in [1.82, 2.24) is 9.88 Å².